The molecule has 0 radical (unpaired) electrons. The lowest BCUT2D eigenvalue weighted by atomic mass is 10.1. The summed E-state index contributed by atoms with van der Waals surface area (Å²) >= 11 is 1.86. The Kier molecular flexibility index (Phi) is 5.08. The zero-order chi connectivity index (χ0) is 16.2. The Morgan fingerprint density at radius 2 is 2.30 bits per heavy atom. The SMILES string of the molecule is Cc1ccc(CC(=O)NC[C@H](C)N2CCc3sccc3C2)cn1. The standard InChI is InChI=1S/C18H23N3OS/c1-13-3-4-15(11-19-13)9-18(22)20-10-14(2)21-7-5-17-16(12-21)6-8-23-17/h3-4,6,8,11,14H,5,7,9-10,12H2,1-2H3,(H,20,22)/t14-/m0/s1. The van der Waals surface area contributed by atoms with Crippen molar-refractivity contribution in [2.45, 2.75) is 39.3 Å². The number of nitrogens with one attached hydrogen (secondary N) is 1. The van der Waals surface area contributed by atoms with Crippen molar-refractivity contribution in [3.05, 3.63) is 51.5 Å². The van der Waals surface area contributed by atoms with Gasteiger partial charge < -0.3 is 5.32 Å². The number of carbonyl (C=O) groups excluding carboxylic acids is 1. The molecule has 1 amide bonds. The van der Waals surface area contributed by atoms with Gasteiger partial charge in [-0.25, -0.2) is 0 Å². The van der Waals surface area contributed by atoms with Gasteiger partial charge in [-0.05, 0) is 48.9 Å². The predicted molar refractivity (Wildman–Crippen MR) is 93.6 cm³/mol. The molecule has 2 aromatic heterocycles. The van der Waals surface area contributed by atoms with Crippen molar-refractivity contribution in [2.24, 2.45) is 0 Å². The maximum atomic E-state index is 12.1. The summed E-state index contributed by atoms with van der Waals surface area (Å²) in [6.45, 7) is 6.90. The van der Waals surface area contributed by atoms with E-state index in [0.717, 1.165) is 30.8 Å². The smallest absolute Gasteiger partial charge is 0.224 e. The minimum Gasteiger partial charge on any atom is -0.354 e. The van der Waals surface area contributed by atoms with Crippen LogP contribution in [0.3, 0.4) is 0 Å². The van der Waals surface area contributed by atoms with Gasteiger partial charge in [0.15, 0.2) is 0 Å². The van der Waals surface area contributed by atoms with Gasteiger partial charge in [-0.1, -0.05) is 6.07 Å². The quantitative estimate of drug-likeness (QED) is 0.917. The van der Waals surface area contributed by atoms with E-state index in [1.54, 1.807) is 6.20 Å². The fraction of sp³-hybridized carbons (Fsp3) is 0.444. The molecule has 0 fully saturated rings. The summed E-state index contributed by atoms with van der Waals surface area (Å²) in [5.41, 5.74) is 3.38. The van der Waals surface area contributed by atoms with Crippen LogP contribution < -0.4 is 5.32 Å². The van der Waals surface area contributed by atoms with Crippen molar-refractivity contribution in [2.75, 3.05) is 13.1 Å². The molecule has 5 heteroatoms. The molecule has 0 saturated heterocycles. The fourth-order valence-electron chi connectivity index (χ4n) is 2.89. The minimum atomic E-state index is 0.0655. The topological polar surface area (TPSA) is 45.2 Å². The number of fused-ring (bicyclic) bond motifs is 1. The van der Waals surface area contributed by atoms with Crippen LogP contribution in [0.5, 0.6) is 0 Å². The molecule has 23 heavy (non-hydrogen) atoms. The van der Waals surface area contributed by atoms with Gasteiger partial charge in [-0.3, -0.25) is 14.7 Å². The third-order valence-electron chi connectivity index (χ3n) is 4.39. The van der Waals surface area contributed by atoms with Gasteiger partial charge in [-0.2, -0.15) is 0 Å². The monoisotopic (exact) mass is 329 g/mol. The Bertz CT molecular complexity index is 665. The highest BCUT2D eigenvalue weighted by Gasteiger charge is 2.21. The van der Waals surface area contributed by atoms with Crippen molar-refractivity contribution < 1.29 is 4.79 Å². The number of rotatable bonds is 5. The maximum absolute atomic E-state index is 12.1. The van der Waals surface area contributed by atoms with Gasteiger partial charge in [0.25, 0.3) is 0 Å². The summed E-state index contributed by atoms with van der Waals surface area (Å²) < 4.78 is 0. The number of thiophene rings is 1. The summed E-state index contributed by atoms with van der Waals surface area (Å²) in [7, 11) is 0. The molecule has 0 aromatic carbocycles. The Balaban J connectivity index is 1.46. The van der Waals surface area contributed by atoms with Crippen LogP contribution in [-0.4, -0.2) is 34.9 Å². The molecule has 4 nitrogen and oxygen atoms in total. The third-order valence-corrected chi connectivity index (χ3v) is 5.42. The van der Waals surface area contributed by atoms with E-state index in [0.29, 0.717) is 19.0 Å². The number of carbonyl (C=O) groups is 1. The lowest BCUT2D eigenvalue weighted by Crippen LogP contribution is -2.44. The summed E-state index contributed by atoms with van der Waals surface area (Å²) in [5, 5.41) is 5.23. The number of aromatic nitrogens is 1. The van der Waals surface area contributed by atoms with E-state index in [4.69, 9.17) is 0 Å². The molecule has 1 aliphatic heterocycles. The van der Waals surface area contributed by atoms with Crippen molar-refractivity contribution in [3.8, 4) is 0 Å². The number of hydrogen-bond acceptors (Lipinski definition) is 4. The van der Waals surface area contributed by atoms with E-state index in [1.165, 1.54) is 10.4 Å². The highest BCUT2D eigenvalue weighted by atomic mass is 32.1. The lowest BCUT2D eigenvalue weighted by Gasteiger charge is -2.32. The van der Waals surface area contributed by atoms with Gasteiger partial charge in [-0.15, -0.1) is 11.3 Å². The van der Waals surface area contributed by atoms with Gasteiger partial charge in [0.1, 0.15) is 0 Å². The van der Waals surface area contributed by atoms with Crippen LogP contribution in [0.1, 0.15) is 28.6 Å². The molecule has 0 saturated carbocycles. The summed E-state index contributed by atoms with van der Waals surface area (Å²) in [6, 6.07) is 6.48. The van der Waals surface area contributed by atoms with Crippen molar-refractivity contribution in [1.82, 2.24) is 15.2 Å². The van der Waals surface area contributed by atoms with Gasteiger partial charge in [0.2, 0.25) is 5.91 Å². The summed E-state index contributed by atoms with van der Waals surface area (Å²) in [5.74, 6) is 0.0655. The molecular weight excluding hydrogens is 306 g/mol. The van der Waals surface area contributed by atoms with Crippen molar-refractivity contribution >= 4 is 17.2 Å². The Morgan fingerprint density at radius 3 is 3.09 bits per heavy atom. The van der Waals surface area contributed by atoms with E-state index in [2.05, 4.69) is 33.6 Å². The zero-order valence-electron chi connectivity index (χ0n) is 13.7. The highest BCUT2D eigenvalue weighted by Crippen LogP contribution is 2.24. The summed E-state index contributed by atoms with van der Waals surface area (Å²) in [6.07, 6.45) is 3.30. The van der Waals surface area contributed by atoms with Gasteiger partial charge in [0, 0.05) is 42.4 Å². The number of nitrogens with zero attached hydrogens (tertiary/aromatic N) is 2. The molecule has 0 unspecified atom stereocenters. The van der Waals surface area contributed by atoms with E-state index >= 15 is 0 Å². The third kappa shape index (κ3) is 4.18. The molecular formula is C18H23N3OS. The van der Waals surface area contributed by atoms with Crippen LogP contribution in [0.4, 0.5) is 0 Å². The predicted octanol–water partition coefficient (Wildman–Crippen LogP) is 2.56. The molecule has 122 valence electrons. The van der Waals surface area contributed by atoms with Crippen LogP contribution in [0.25, 0.3) is 0 Å². The van der Waals surface area contributed by atoms with Crippen LogP contribution in [-0.2, 0) is 24.2 Å². The molecule has 1 aliphatic rings. The molecule has 0 aliphatic carbocycles. The molecule has 3 heterocycles. The van der Waals surface area contributed by atoms with Crippen LogP contribution in [0.2, 0.25) is 0 Å². The fourth-order valence-corrected chi connectivity index (χ4v) is 3.78. The average Bonchev–Trinajstić information content (AvgIpc) is 3.02. The zero-order valence-corrected chi connectivity index (χ0v) is 14.5. The van der Waals surface area contributed by atoms with Gasteiger partial charge >= 0.3 is 0 Å². The Morgan fingerprint density at radius 1 is 1.43 bits per heavy atom. The van der Waals surface area contributed by atoms with E-state index < -0.39 is 0 Å². The summed E-state index contributed by atoms with van der Waals surface area (Å²) in [4.78, 5) is 20.3. The molecule has 3 rings (SSSR count). The van der Waals surface area contributed by atoms with Crippen LogP contribution >= 0.6 is 11.3 Å². The van der Waals surface area contributed by atoms with Crippen LogP contribution in [0, 0.1) is 6.92 Å². The maximum Gasteiger partial charge on any atom is 0.224 e. The molecule has 0 spiro atoms. The Labute approximate surface area is 141 Å². The Hall–Kier alpha value is -1.72. The first-order chi connectivity index (χ1) is 11.1. The highest BCUT2D eigenvalue weighted by molar-refractivity contribution is 7.10. The number of hydrogen-bond donors (Lipinski definition) is 1. The first-order valence-electron chi connectivity index (χ1n) is 8.09. The van der Waals surface area contributed by atoms with Crippen LogP contribution in [0.15, 0.2) is 29.8 Å². The minimum absolute atomic E-state index is 0.0655. The first-order valence-corrected chi connectivity index (χ1v) is 8.97. The number of pyridine rings is 1. The second kappa shape index (κ2) is 7.23. The molecule has 2 aromatic rings. The normalized spacial score (nSPS) is 15.9. The molecule has 1 N–H and O–H groups in total. The van der Waals surface area contributed by atoms with E-state index in [1.807, 2.05) is 30.4 Å². The number of amides is 1. The average molecular weight is 329 g/mol. The first kappa shape index (κ1) is 16.1. The van der Waals surface area contributed by atoms with Gasteiger partial charge in [0.05, 0.1) is 6.42 Å². The van der Waals surface area contributed by atoms with E-state index in [9.17, 15) is 4.79 Å². The van der Waals surface area contributed by atoms with Crippen molar-refractivity contribution in [1.29, 1.82) is 0 Å². The second-order valence-corrected chi connectivity index (χ2v) is 7.23. The molecule has 0 bridgehead atoms. The van der Waals surface area contributed by atoms with E-state index in [-0.39, 0.29) is 5.91 Å². The lowest BCUT2D eigenvalue weighted by molar-refractivity contribution is -0.120. The number of aryl methyl sites for hydroxylation is 1. The van der Waals surface area contributed by atoms with Crippen molar-refractivity contribution in [3.63, 3.8) is 0 Å². The second-order valence-electron chi connectivity index (χ2n) is 6.23. The molecule has 1 atom stereocenters. The largest absolute Gasteiger partial charge is 0.354 e.